The summed E-state index contributed by atoms with van der Waals surface area (Å²) < 4.78 is 5.83. The first-order valence-corrected chi connectivity index (χ1v) is 5.63. The first-order chi connectivity index (χ1) is 7.00. The summed E-state index contributed by atoms with van der Waals surface area (Å²) in [6.07, 6.45) is 0.981. The summed E-state index contributed by atoms with van der Waals surface area (Å²) in [5.74, 6) is -1.70. The Kier molecular flexibility index (Phi) is 3.12. The first-order valence-electron chi connectivity index (χ1n) is 5.63. The molecule has 0 saturated carbocycles. The third-order valence-electron chi connectivity index (χ3n) is 3.82. The summed E-state index contributed by atoms with van der Waals surface area (Å²) in [4.78, 5) is 11.0. The Morgan fingerprint density at radius 3 is 2.25 bits per heavy atom. The zero-order valence-electron chi connectivity index (χ0n) is 10.7. The monoisotopic (exact) mass is 229 g/mol. The van der Waals surface area contributed by atoms with Gasteiger partial charge in [-0.3, -0.25) is 0 Å². The van der Waals surface area contributed by atoms with Crippen LogP contribution in [0.25, 0.3) is 0 Å². The number of ether oxygens (including phenoxy) is 1. The summed E-state index contributed by atoms with van der Waals surface area (Å²) >= 11 is 0. The molecule has 0 unspecified atom stereocenters. The van der Waals surface area contributed by atoms with Crippen LogP contribution >= 0.6 is 0 Å². The van der Waals surface area contributed by atoms with E-state index in [1.807, 2.05) is 6.92 Å². The number of carbonyl (C=O) groups excluding carboxylic acids is 1. The second-order valence-corrected chi connectivity index (χ2v) is 5.91. The Morgan fingerprint density at radius 2 is 1.94 bits per heavy atom. The largest absolute Gasteiger partial charge is 0.550 e. The molecule has 1 N–H and O–H groups in total. The maximum atomic E-state index is 11.0. The van der Waals surface area contributed by atoms with Gasteiger partial charge in [-0.1, -0.05) is 0 Å². The second-order valence-electron chi connectivity index (χ2n) is 5.91. The van der Waals surface area contributed by atoms with Gasteiger partial charge in [-0.05, 0) is 47.5 Å². The summed E-state index contributed by atoms with van der Waals surface area (Å²) in [6.45, 7) is 8.65. The van der Waals surface area contributed by atoms with Crippen molar-refractivity contribution in [1.29, 1.82) is 0 Å². The van der Waals surface area contributed by atoms with Gasteiger partial charge in [-0.2, -0.15) is 0 Å². The molecule has 4 nitrogen and oxygen atoms in total. The van der Waals surface area contributed by atoms with E-state index in [9.17, 15) is 15.0 Å². The molecule has 0 aromatic rings. The summed E-state index contributed by atoms with van der Waals surface area (Å²) in [7, 11) is 0. The van der Waals surface area contributed by atoms with Crippen LogP contribution in [0.15, 0.2) is 0 Å². The molecule has 1 aliphatic rings. The topological polar surface area (TPSA) is 69.6 Å². The van der Waals surface area contributed by atoms with Crippen molar-refractivity contribution in [1.82, 2.24) is 0 Å². The first kappa shape index (κ1) is 13.5. The Labute approximate surface area is 96.6 Å². The standard InChI is InChI=1S/C12H22O4/c1-10(2)8(9(13)14)6-7-12(5,16-10)11(3,4)15/h8,15H,6-7H2,1-5H3,(H,13,14)/p-1/t8-,12-/m1/s1. The average molecular weight is 229 g/mol. The van der Waals surface area contributed by atoms with Crippen molar-refractivity contribution in [2.75, 3.05) is 0 Å². The Balaban J connectivity index is 2.94. The number of carboxylic acids is 1. The van der Waals surface area contributed by atoms with Crippen molar-refractivity contribution in [3.8, 4) is 0 Å². The zero-order valence-corrected chi connectivity index (χ0v) is 10.7. The molecule has 0 radical (unpaired) electrons. The highest BCUT2D eigenvalue weighted by atomic mass is 16.5. The highest BCUT2D eigenvalue weighted by Crippen LogP contribution is 2.43. The molecule has 16 heavy (non-hydrogen) atoms. The molecule has 2 atom stereocenters. The molecule has 1 rings (SSSR count). The molecule has 1 saturated heterocycles. The molecule has 0 bridgehead atoms. The minimum atomic E-state index is -1.08. The van der Waals surface area contributed by atoms with Gasteiger partial charge in [0.2, 0.25) is 0 Å². The molecule has 0 aromatic heterocycles. The van der Waals surface area contributed by atoms with Crippen LogP contribution in [0, 0.1) is 5.92 Å². The van der Waals surface area contributed by atoms with Gasteiger partial charge in [-0.15, -0.1) is 0 Å². The van der Waals surface area contributed by atoms with Gasteiger partial charge < -0.3 is 19.7 Å². The maximum absolute atomic E-state index is 11.0. The van der Waals surface area contributed by atoms with Crippen LogP contribution in [-0.2, 0) is 9.53 Å². The van der Waals surface area contributed by atoms with Gasteiger partial charge in [0.1, 0.15) is 0 Å². The lowest BCUT2D eigenvalue weighted by atomic mass is 9.73. The molecule has 0 aromatic carbocycles. The quantitative estimate of drug-likeness (QED) is 0.747. The highest BCUT2D eigenvalue weighted by molar-refractivity contribution is 5.69. The highest BCUT2D eigenvalue weighted by Gasteiger charge is 2.50. The predicted molar refractivity (Wildman–Crippen MR) is 57.6 cm³/mol. The number of aliphatic carboxylic acids is 1. The van der Waals surface area contributed by atoms with Gasteiger partial charge in [0, 0.05) is 11.9 Å². The fraction of sp³-hybridized carbons (Fsp3) is 0.917. The van der Waals surface area contributed by atoms with Crippen LogP contribution in [-0.4, -0.2) is 27.9 Å². The normalized spacial score (nSPS) is 34.8. The summed E-state index contributed by atoms with van der Waals surface area (Å²) in [6, 6.07) is 0. The van der Waals surface area contributed by atoms with E-state index in [-0.39, 0.29) is 0 Å². The number of carboxylic acid groups (broad SMARTS) is 1. The van der Waals surface area contributed by atoms with Gasteiger partial charge in [-0.25, -0.2) is 0 Å². The lowest BCUT2D eigenvalue weighted by Gasteiger charge is -2.52. The zero-order chi connectivity index (χ0) is 12.8. The Bertz CT molecular complexity index is 290. The lowest BCUT2D eigenvalue weighted by molar-refractivity contribution is -0.330. The summed E-state index contributed by atoms with van der Waals surface area (Å²) in [5.41, 5.74) is -2.53. The van der Waals surface area contributed by atoms with Crippen LogP contribution in [0.2, 0.25) is 0 Å². The van der Waals surface area contributed by atoms with E-state index in [0.29, 0.717) is 12.8 Å². The van der Waals surface area contributed by atoms with E-state index < -0.39 is 28.7 Å². The van der Waals surface area contributed by atoms with Crippen LogP contribution in [0.5, 0.6) is 0 Å². The predicted octanol–water partition coefficient (Wildman–Crippen LogP) is 0.471. The number of aliphatic hydroxyl groups is 1. The van der Waals surface area contributed by atoms with Crippen LogP contribution in [0.4, 0.5) is 0 Å². The summed E-state index contributed by atoms with van der Waals surface area (Å²) in [5, 5.41) is 21.0. The fourth-order valence-corrected chi connectivity index (χ4v) is 2.30. The number of hydrogen-bond donors (Lipinski definition) is 1. The molecule has 1 heterocycles. The van der Waals surface area contributed by atoms with Crippen LogP contribution < -0.4 is 5.11 Å². The number of hydrogen-bond acceptors (Lipinski definition) is 4. The van der Waals surface area contributed by atoms with E-state index in [1.54, 1.807) is 27.7 Å². The minimum Gasteiger partial charge on any atom is -0.550 e. The van der Waals surface area contributed by atoms with Gasteiger partial charge in [0.15, 0.2) is 0 Å². The molecule has 1 aliphatic heterocycles. The van der Waals surface area contributed by atoms with Crippen molar-refractivity contribution in [3.05, 3.63) is 0 Å². The molecule has 0 aliphatic carbocycles. The molecule has 94 valence electrons. The lowest BCUT2D eigenvalue weighted by Crippen LogP contribution is -2.61. The molecule has 0 spiro atoms. The van der Waals surface area contributed by atoms with Gasteiger partial charge >= 0.3 is 0 Å². The van der Waals surface area contributed by atoms with Crippen molar-refractivity contribution in [3.63, 3.8) is 0 Å². The molecular weight excluding hydrogens is 208 g/mol. The number of carbonyl (C=O) groups is 1. The fourth-order valence-electron chi connectivity index (χ4n) is 2.30. The Hall–Kier alpha value is -0.610. The van der Waals surface area contributed by atoms with Crippen molar-refractivity contribution in [2.45, 2.75) is 64.3 Å². The van der Waals surface area contributed by atoms with E-state index in [0.717, 1.165) is 0 Å². The van der Waals surface area contributed by atoms with Gasteiger partial charge in [0.05, 0.1) is 16.8 Å². The van der Waals surface area contributed by atoms with E-state index >= 15 is 0 Å². The van der Waals surface area contributed by atoms with E-state index in [2.05, 4.69) is 0 Å². The van der Waals surface area contributed by atoms with Crippen LogP contribution in [0.3, 0.4) is 0 Å². The molecule has 0 amide bonds. The van der Waals surface area contributed by atoms with E-state index in [4.69, 9.17) is 4.74 Å². The Morgan fingerprint density at radius 1 is 1.44 bits per heavy atom. The maximum Gasteiger partial charge on any atom is 0.0942 e. The molecule has 4 heteroatoms. The van der Waals surface area contributed by atoms with Crippen molar-refractivity contribution in [2.24, 2.45) is 5.92 Å². The van der Waals surface area contributed by atoms with Gasteiger partial charge in [0.25, 0.3) is 0 Å². The molecule has 1 fully saturated rings. The van der Waals surface area contributed by atoms with Crippen molar-refractivity contribution >= 4 is 5.97 Å². The number of rotatable bonds is 2. The van der Waals surface area contributed by atoms with E-state index in [1.165, 1.54) is 0 Å². The van der Waals surface area contributed by atoms with Crippen LogP contribution in [0.1, 0.15) is 47.5 Å². The third kappa shape index (κ3) is 2.23. The molecular formula is C12H21O4-. The van der Waals surface area contributed by atoms with Crippen molar-refractivity contribution < 1.29 is 19.7 Å². The minimum absolute atomic E-state index is 0.468. The SMILES string of the molecule is CC1(C)O[C@@](C)(C(C)(C)O)CC[C@@H]1C(=O)[O-]. The second kappa shape index (κ2) is 3.70. The average Bonchev–Trinajstić information content (AvgIpc) is 1.98. The third-order valence-corrected chi connectivity index (χ3v) is 3.82. The smallest absolute Gasteiger partial charge is 0.0942 e.